The predicted molar refractivity (Wildman–Crippen MR) is 45.5 cm³/mol. The Kier molecular flexibility index (Phi) is 26.7. The van der Waals surface area contributed by atoms with Crippen molar-refractivity contribution in [1.29, 1.82) is 0 Å². The first-order chi connectivity index (χ1) is 5.08. The molecule has 0 aromatic heterocycles. The number of hydrogen-bond donors (Lipinski definition) is 0. The molecule has 0 aliphatic rings. The van der Waals surface area contributed by atoms with Crippen LogP contribution in [0, 0.1) is 0 Å². The monoisotopic (exact) mass is 272 g/mol. The second-order valence-electron chi connectivity index (χ2n) is 1.85. The summed E-state index contributed by atoms with van der Waals surface area (Å²) >= 11 is 0. The van der Waals surface area contributed by atoms with Crippen LogP contribution in [0.3, 0.4) is 0 Å². The second-order valence-corrected chi connectivity index (χ2v) is 2.93. The van der Waals surface area contributed by atoms with Crippen LogP contribution in [0.5, 0.6) is 5.75 Å². The summed E-state index contributed by atoms with van der Waals surface area (Å²) in [6.07, 6.45) is 0. The summed E-state index contributed by atoms with van der Waals surface area (Å²) in [6.45, 7) is 0. The molecule has 0 atom stereocenters. The molecule has 0 heterocycles. The van der Waals surface area contributed by atoms with Gasteiger partial charge in [-0.3, -0.25) is 0 Å². The minimum atomic E-state index is -4.89. The van der Waals surface area contributed by atoms with Crippen LogP contribution < -0.4 is 73.4 Å². The number of benzene rings is 1. The standard InChI is InChI=1S/C6H7O4P.2Na.3H2O/c7-11(8,9)10-6-4-2-1-3-5-6;;;;;/h1-5H,(H2,7,8,9);;;3*1H2/q;2*+1;;;/p-2. The third kappa shape index (κ3) is 15.0. The van der Waals surface area contributed by atoms with Crippen LogP contribution in [-0.4, -0.2) is 16.4 Å². The van der Waals surface area contributed by atoms with Gasteiger partial charge in [-0.15, -0.1) is 0 Å². The van der Waals surface area contributed by atoms with Crippen molar-refractivity contribution < 1.29 is 94.4 Å². The van der Waals surface area contributed by atoms with E-state index in [1.54, 1.807) is 18.2 Å². The summed E-state index contributed by atoms with van der Waals surface area (Å²) in [4.78, 5) is 20.1. The van der Waals surface area contributed by atoms with Gasteiger partial charge in [-0.25, -0.2) is 0 Å². The molecular formula is C6H11Na2O7P. The SMILES string of the molecule is O.O.O.O=P([O-])([O-])Oc1ccccc1.[Na+].[Na+]. The molecule has 0 fully saturated rings. The van der Waals surface area contributed by atoms with Crippen molar-refractivity contribution in [2.75, 3.05) is 0 Å². The minimum absolute atomic E-state index is 0. The Morgan fingerprint density at radius 1 is 0.938 bits per heavy atom. The first-order valence-corrected chi connectivity index (χ1v) is 4.31. The Hall–Kier alpha value is 1.05. The Balaban J connectivity index is -0.0000000807. The molecule has 1 aromatic carbocycles. The fraction of sp³-hybridized carbons (Fsp3) is 0. The zero-order valence-electron chi connectivity index (χ0n) is 8.97. The zero-order chi connectivity index (χ0) is 8.32. The van der Waals surface area contributed by atoms with Gasteiger partial charge in [0.15, 0.2) is 0 Å². The Morgan fingerprint density at radius 3 is 1.62 bits per heavy atom. The third-order valence-electron chi connectivity index (χ3n) is 0.960. The molecule has 0 aliphatic carbocycles. The molecule has 0 saturated carbocycles. The molecule has 0 radical (unpaired) electrons. The van der Waals surface area contributed by atoms with Crippen LogP contribution in [0.2, 0.25) is 0 Å². The molecule has 84 valence electrons. The van der Waals surface area contributed by atoms with Crippen LogP contribution in [0.15, 0.2) is 30.3 Å². The van der Waals surface area contributed by atoms with Crippen molar-refractivity contribution >= 4 is 7.82 Å². The van der Waals surface area contributed by atoms with Gasteiger partial charge < -0.3 is 35.3 Å². The van der Waals surface area contributed by atoms with Crippen molar-refractivity contribution in [3.05, 3.63) is 30.3 Å². The van der Waals surface area contributed by atoms with E-state index >= 15 is 0 Å². The van der Waals surface area contributed by atoms with Gasteiger partial charge >= 0.3 is 59.1 Å². The van der Waals surface area contributed by atoms with E-state index in [0.29, 0.717) is 0 Å². The van der Waals surface area contributed by atoms with Gasteiger partial charge in [-0.1, -0.05) is 18.2 Å². The van der Waals surface area contributed by atoms with Crippen LogP contribution in [0.25, 0.3) is 0 Å². The Bertz CT molecular complexity index is 277. The van der Waals surface area contributed by atoms with Crippen molar-refractivity contribution in [3.63, 3.8) is 0 Å². The van der Waals surface area contributed by atoms with E-state index in [1.165, 1.54) is 12.1 Å². The summed E-state index contributed by atoms with van der Waals surface area (Å²) in [6, 6.07) is 7.62. The average Bonchev–Trinajstić information content (AvgIpc) is 1.85. The summed E-state index contributed by atoms with van der Waals surface area (Å²) in [7, 11) is -4.89. The largest absolute Gasteiger partial charge is 1.00 e. The molecule has 0 spiro atoms. The molecule has 1 rings (SSSR count). The van der Waals surface area contributed by atoms with Crippen molar-refractivity contribution in [2.45, 2.75) is 0 Å². The molecule has 0 aliphatic heterocycles. The topological polar surface area (TPSA) is 167 Å². The maximum Gasteiger partial charge on any atom is 1.00 e. The summed E-state index contributed by atoms with van der Waals surface area (Å²) in [5.41, 5.74) is 0. The van der Waals surface area contributed by atoms with Gasteiger partial charge in [-0.2, -0.15) is 0 Å². The number of rotatable bonds is 2. The van der Waals surface area contributed by atoms with E-state index in [9.17, 15) is 14.4 Å². The van der Waals surface area contributed by atoms with Gasteiger partial charge in [0, 0.05) is 0 Å². The van der Waals surface area contributed by atoms with Gasteiger partial charge in [0.1, 0.15) is 13.6 Å². The van der Waals surface area contributed by atoms with E-state index in [-0.39, 0.29) is 81.3 Å². The number of phosphoric acid groups is 1. The maximum absolute atomic E-state index is 10.1. The molecule has 6 N–H and O–H groups in total. The van der Waals surface area contributed by atoms with Crippen LogP contribution >= 0.6 is 7.82 Å². The Labute approximate surface area is 137 Å². The van der Waals surface area contributed by atoms with E-state index in [2.05, 4.69) is 4.52 Å². The molecular weight excluding hydrogens is 261 g/mol. The van der Waals surface area contributed by atoms with E-state index in [4.69, 9.17) is 0 Å². The van der Waals surface area contributed by atoms with E-state index in [0.717, 1.165) is 0 Å². The van der Waals surface area contributed by atoms with Crippen LogP contribution in [-0.2, 0) is 4.57 Å². The first kappa shape index (κ1) is 30.2. The van der Waals surface area contributed by atoms with Gasteiger partial charge in [0.25, 0.3) is 0 Å². The summed E-state index contributed by atoms with van der Waals surface area (Å²) in [5, 5.41) is 0. The fourth-order valence-electron chi connectivity index (χ4n) is 0.610. The summed E-state index contributed by atoms with van der Waals surface area (Å²) in [5.74, 6) is 0.0424. The molecule has 0 unspecified atom stereocenters. The van der Waals surface area contributed by atoms with Gasteiger partial charge in [-0.05, 0) is 12.1 Å². The van der Waals surface area contributed by atoms with E-state index in [1.807, 2.05) is 0 Å². The Morgan fingerprint density at radius 2 is 1.31 bits per heavy atom. The normalized spacial score (nSPS) is 7.62. The van der Waals surface area contributed by atoms with Crippen LogP contribution in [0.1, 0.15) is 0 Å². The quantitative estimate of drug-likeness (QED) is 0.385. The molecule has 1 aromatic rings. The predicted octanol–water partition coefficient (Wildman–Crippen LogP) is -8.57. The first-order valence-electron chi connectivity index (χ1n) is 2.85. The second kappa shape index (κ2) is 14.1. The molecule has 7 nitrogen and oxygen atoms in total. The number of para-hydroxylation sites is 1. The minimum Gasteiger partial charge on any atom is -0.780 e. The molecule has 10 heteroatoms. The van der Waals surface area contributed by atoms with Gasteiger partial charge in [0.05, 0.1) is 0 Å². The average molecular weight is 272 g/mol. The molecule has 0 amide bonds. The third-order valence-corrected chi connectivity index (χ3v) is 1.39. The van der Waals surface area contributed by atoms with Crippen molar-refractivity contribution in [3.8, 4) is 5.75 Å². The fourth-order valence-corrected chi connectivity index (χ4v) is 0.990. The van der Waals surface area contributed by atoms with E-state index < -0.39 is 7.82 Å². The molecule has 0 saturated heterocycles. The molecule has 0 bridgehead atoms. The van der Waals surface area contributed by atoms with Crippen LogP contribution in [0.4, 0.5) is 0 Å². The number of hydrogen-bond acceptors (Lipinski definition) is 4. The van der Waals surface area contributed by atoms with Crippen molar-refractivity contribution in [1.82, 2.24) is 0 Å². The smallest absolute Gasteiger partial charge is 0.780 e. The van der Waals surface area contributed by atoms with Crippen molar-refractivity contribution in [2.24, 2.45) is 0 Å². The maximum atomic E-state index is 10.1. The zero-order valence-corrected chi connectivity index (χ0v) is 13.9. The number of phosphoric ester groups is 1. The summed E-state index contributed by atoms with van der Waals surface area (Å²) < 4.78 is 14.1. The molecule has 16 heavy (non-hydrogen) atoms. The van der Waals surface area contributed by atoms with Gasteiger partial charge in [0.2, 0.25) is 0 Å².